The Morgan fingerprint density at radius 1 is 0.913 bits per heavy atom. The van der Waals surface area contributed by atoms with Crippen molar-refractivity contribution in [3.05, 3.63) is 75.7 Å². The van der Waals surface area contributed by atoms with Crippen LogP contribution in [0, 0.1) is 20.8 Å². The van der Waals surface area contributed by atoms with E-state index in [1.165, 1.54) is 4.68 Å². The van der Waals surface area contributed by atoms with Gasteiger partial charge in [0.1, 0.15) is 0 Å². The second kappa shape index (κ2) is 6.04. The topological polar surface area (TPSA) is 62.5 Å². The minimum Gasteiger partial charge on any atom is -0.293 e. The molecule has 0 aliphatic rings. The smallest absolute Gasteiger partial charge is 0.293 e. The number of rotatable bonds is 3. The third kappa shape index (κ3) is 2.85. The standard InChI is InChI=1S/C18H18N4O/c1-12-8-7-11-16(13(12)2)19-20-17-14(3)21-22(18(17)23)15-9-5-4-6-10-15/h4-11,21H,1-3H3. The summed E-state index contributed by atoms with van der Waals surface area (Å²) < 4.78 is 1.48. The molecule has 23 heavy (non-hydrogen) atoms. The highest BCUT2D eigenvalue weighted by atomic mass is 16.1. The van der Waals surface area contributed by atoms with E-state index in [0.717, 1.165) is 22.5 Å². The summed E-state index contributed by atoms with van der Waals surface area (Å²) in [6.45, 7) is 5.84. The number of azo groups is 1. The Kier molecular flexibility index (Phi) is 3.93. The molecule has 0 aliphatic carbocycles. The first-order chi connectivity index (χ1) is 11.1. The summed E-state index contributed by atoms with van der Waals surface area (Å²) in [5.74, 6) is 0. The number of nitrogens with one attached hydrogen (secondary N) is 1. The maximum absolute atomic E-state index is 12.5. The van der Waals surface area contributed by atoms with E-state index in [1.54, 1.807) is 0 Å². The summed E-state index contributed by atoms with van der Waals surface area (Å²) in [7, 11) is 0. The van der Waals surface area contributed by atoms with Gasteiger partial charge in [0.05, 0.1) is 17.1 Å². The summed E-state index contributed by atoms with van der Waals surface area (Å²) in [6, 6.07) is 15.3. The molecule has 0 atom stereocenters. The zero-order valence-corrected chi connectivity index (χ0v) is 13.4. The molecular formula is C18H18N4O. The van der Waals surface area contributed by atoms with Gasteiger partial charge >= 0.3 is 0 Å². The molecule has 0 aliphatic heterocycles. The molecule has 1 N–H and O–H groups in total. The number of H-pyrrole nitrogens is 1. The van der Waals surface area contributed by atoms with E-state index in [1.807, 2.05) is 69.3 Å². The first-order valence-corrected chi connectivity index (χ1v) is 7.43. The van der Waals surface area contributed by atoms with E-state index in [2.05, 4.69) is 15.3 Å². The number of nitrogens with zero attached hydrogens (tertiary/aromatic N) is 3. The molecule has 2 aromatic carbocycles. The molecule has 5 heteroatoms. The maximum Gasteiger partial charge on any atom is 0.299 e. The van der Waals surface area contributed by atoms with E-state index in [-0.39, 0.29) is 5.56 Å². The van der Waals surface area contributed by atoms with Gasteiger partial charge in [-0.25, -0.2) is 4.68 Å². The number of para-hydroxylation sites is 1. The average Bonchev–Trinajstić information content (AvgIpc) is 2.84. The van der Waals surface area contributed by atoms with E-state index in [4.69, 9.17) is 0 Å². The predicted molar refractivity (Wildman–Crippen MR) is 91.2 cm³/mol. The Bertz CT molecular complexity index is 920. The molecule has 1 aromatic heterocycles. The molecule has 0 amide bonds. The molecule has 0 fully saturated rings. The van der Waals surface area contributed by atoms with Crippen molar-refractivity contribution in [1.82, 2.24) is 9.78 Å². The number of aromatic nitrogens is 2. The van der Waals surface area contributed by atoms with Crippen LogP contribution in [0.15, 0.2) is 63.6 Å². The third-order valence-electron chi connectivity index (χ3n) is 3.89. The highest BCUT2D eigenvalue weighted by Crippen LogP contribution is 2.24. The molecule has 116 valence electrons. The molecular weight excluding hydrogens is 288 g/mol. The van der Waals surface area contributed by atoms with Gasteiger partial charge in [-0.3, -0.25) is 9.89 Å². The lowest BCUT2D eigenvalue weighted by Gasteiger charge is -2.01. The summed E-state index contributed by atoms with van der Waals surface area (Å²) >= 11 is 0. The predicted octanol–water partition coefficient (Wildman–Crippen LogP) is 4.51. The van der Waals surface area contributed by atoms with Crippen molar-refractivity contribution in [1.29, 1.82) is 0 Å². The maximum atomic E-state index is 12.5. The van der Waals surface area contributed by atoms with E-state index >= 15 is 0 Å². The molecule has 3 aromatic rings. The van der Waals surface area contributed by atoms with Crippen LogP contribution in [-0.2, 0) is 0 Å². The summed E-state index contributed by atoms with van der Waals surface area (Å²) in [6.07, 6.45) is 0. The zero-order chi connectivity index (χ0) is 16.4. The summed E-state index contributed by atoms with van der Waals surface area (Å²) in [5, 5.41) is 11.5. The van der Waals surface area contributed by atoms with Crippen LogP contribution >= 0.6 is 0 Å². The molecule has 1 heterocycles. The van der Waals surface area contributed by atoms with Crippen LogP contribution in [0.5, 0.6) is 0 Å². The van der Waals surface area contributed by atoms with Crippen molar-refractivity contribution >= 4 is 11.4 Å². The largest absolute Gasteiger partial charge is 0.299 e. The van der Waals surface area contributed by atoms with Crippen LogP contribution in [0.25, 0.3) is 5.69 Å². The van der Waals surface area contributed by atoms with Crippen LogP contribution in [0.3, 0.4) is 0 Å². The Hall–Kier alpha value is -2.95. The molecule has 3 rings (SSSR count). The van der Waals surface area contributed by atoms with Crippen LogP contribution in [0.1, 0.15) is 16.8 Å². The minimum atomic E-state index is -0.206. The first kappa shape index (κ1) is 15.0. The Labute approximate surface area is 134 Å². The number of hydrogen-bond donors (Lipinski definition) is 1. The monoisotopic (exact) mass is 306 g/mol. The number of hydrogen-bond acceptors (Lipinski definition) is 3. The number of aromatic amines is 1. The normalized spacial score (nSPS) is 11.3. The van der Waals surface area contributed by atoms with Gasteiger partial charge in [0.15, 0.2) is 5.69 Å². The molecule has 5 nitrogen and oxygen atoms in total. The second-order valence-electron chi connectivity index (χ2n) is 5.48. The average molecular weight is 306 g/mol. The van der Waals surface area contributed by atoms with E-state index in [0.29, 0.717) is 11.4 Å². The number of benzene rings is 2. The Morgan fingerprint density at radius 2 is 1.65 bits per heavy atom. The molecule has 0 spiro atoms. The summed E-state index contributed by atoms with van der Waals surface area (Å²) in [5.41, 5.74) is 4.57. The van der Waals surface area contributed by atoms with Crippen LogP contribution in [-0.4, -0.2) is 9.78 Å². The molecule has 0 radical (unpaired) electrons. The molecule has 0 unspecified atom stereocenters. The van der Waals surface area contributed by atoms with Gasteiger partial charge in [-0.15, -0.1) is 5.11 Å². The van der Waals surface area contributed by atoms with Gasteiger partial charge in [0, 0.05) is 0 Å². The van der Waals surface area contributed by atoms with Crippen LogP contribution in [0.2, 0.25) is 0 Å². The van der Waals surface area contributed by atoms with Gasteiger partial charge in [-0.05, 0) is 50.1 Å². The fourth-order valence-electron chi connectivity index (χ4n) is 2.36. The van der Waals surface area contributed by atoms with Gasteiger partial charge in [-0.1, -0.05) is 30.3 Å². The van der Waals surface area contributed by atoms with Gasteiger partial charge in [0.2, 0.25) is 0 Å². The Balaban J connectivity index is 2.02. The van der Waals surface area contributed by atoms with Crippen molar-refractivity contribution in [2.45, 2.75) is 20.8 Å². The van der Waals surface area contributed by atoms with Crippen LogP contribution in [0.4, 0.5) is 11.4 Å². The van der Waals surface area contributed by atoms with Crippen molar-refractivity contribution in [2.24, 2.45) is 10.2 Å². The lowest BCUT2D eigenvalue weighted by Crippen LogP contribution is -2.13. The lowest BCUT2D eigenvalue weighted by atomic mass is 10.1. The SMILES string of the molecule is Cc1cccc(N=Nc2c(C)[nH]n(-c3ccccc3)c2=O)c1C. The molecule has 0 saturated heterocycles. The third-order valence-corrected chi connectivity index (χ3v) is 3.89. The zero-order valence-electron chi connectivity index (χ0n) is 13.4. The minimum absolute atomic E-state index is 0.206. The fourth-order valence-corrected chi connectivity index (χ4v) is 2.36. The molecule has 0 bridgehead atoms. The highest BCUT2D eigenvalue weighted by Gasteiger charge is 2.12. The lowest BCUT2D eigenvalue weighted by molar-refractivity contribution is 0.835. The Morgan fingerprint density at radius 3 is 2.39 bits per heavy atom. The summed E-state index contributed by atoms with van der Waals surface area (Å²) in [4.78, 5) is 12.5. The quantitative estimate of drug-likeness (QED) is 0.711. The highest BCUT2D eigenvalue weighted by molar-refractivity contribution is 5.50. The number of aryl methyl sites for hydroxylation is 2. The van der Waals surface area contributed by atoms with Crippen molar-refractivity contribution in [3.63, 3.8) is 0 Å². The van der Waals surface area contributed by atoms with Crippen molar-refractivity contribution in [2.75, 3.05) is 0 Å². The van der Waals surface area contributed by atoms with Crippen molar-refractivity contribution in [3.8, 4) is 5.69 Å². The van der Waals surface area contributed by atoms with E-state index < -0.39 is 0 Å². The van der Waals surface area contributed by atoms with Gasteiger partial charge in [0.25, 0.3) is 5.56 Å². The van der Waals surface area contributed by atoms with Gasteiger partial charge < -0.3 is 0 Å². The first-order valence-electron chi connectivity index (χ1n) is 7.43. The van der Waals surface area contributed by atoms with E-state index in [9.17, 15) is 4.79 Å². The fraction of sp³-hybridized carbons (Fsp3) is 0.167. The van der Waals surface area contributed by atoms with Crippen molar-refractivity contribution < 1.29 is 0 Å². The second-order valence-corrected chi connectivity index (χ2v) is 5.48. The molecule has 0 saturated carbocycles. The van der Waals surface area contributed by atoms with Gasteiger partial charge in [-0.2, -0.15) is 5.11 Å². The van der Waals surface area contributed by atoms with Crippen LogP contribution < -0.4 is 5.56 Å².